The number of hydrogen-bond donors (Lipinski definition) is 1. The number of carbonyl (C=O) groups excluding carboxylic acids is 1. The van der Waals surface area contributed by atoms with Crippen LogP contribution in [0.25, 0.3) is 0 Å². The number of aryl methyl sites for hydroxylation is 1. The van der Waals surface area contributed by atoms with Gasteiger partial charge in [-0.3, -0.25) is 4.79 Å². The van der Waals surface area contributed by atoms with Gasteiger partial charge in [-0.25, -0.2) is 0 Å². The number of benzene rings is 2. The van der Waals surface area contributed by atoms with E-state index in [1.165, 1.54) is 5.56 Å². The predicted octanol–water partition coefficient (Wildman–Crippen LogP) is 3.81. The van der Waals surface area contributed by atoms with Crippen LogP contribution in [0, 0.1) is 0 Å². The number of amides is 1. The maximum Gasteiger partial charge on any atom is 0.259 e. The summed E-state index contributed by atoms with van der Waals surface area (Å²) in [5.74, 6) is -0.0464. The van der Waals surface area contributed by atoms with Gasteiger partial charge < -0.3 is 4.90 Å². The maximum absolute atomic E-state index is 12.4. The minimum absolute atomic E-state index is 0.0464. The van der Waals surface area contributed by atoms with Crippen LogP contribution >= 0.6 is 12.6 Å². The Morgan fingerprint density at radius 3 is 2.32 bits per heavy atom. The third kappa shape index (κ3) is 2.99. The standard InChI is InChI=1S/C16H17NOS/c1-3-12-8-10-13(11-9-12)17(2)16(18)14-6-4-5-7-15(14)19/h4-11,19H,3H2,1-2H3. The van der Waals surface area contributed by atoms with Gasteiger partial charge in [0.05, 0.1) is 5.56 Å². The van der Waals surface area contributed by atoms with E-state index < -0.39 is 0 Å². The van der Waals surface area contributed by atoms with Crippen molar-refractivity contribution in [3.8, 4) is 0 Å². The van der Waals surface area contributed by atoms with Crippen LogP contribution in [-0.2, 0) is 6.42 Å². The largest absolute Gasteiger partial charge is 0.311 e. The van der Waals surface area contributed by atoms with Gasteiger partial charge in [0.25, 0.3) is 5.91 Å². The second kappa shape index (κ2) is 5.93. The van der Waals surface area contributed by atoms with E-state index in [1.54, 1.807) is 18.0 Å². The quantitative estimate of drug-likeness (QED) is 0.842. The molecule has 0 atom stereocenters. The minimum atomic E-state index is -0.0464. The first-order valence-electron chi connectivity index (χ1n) is 6.28. The lowest BCUT2D eigenvalue weighted by atomic mass is 10.1. The molecule has 0 heterocycles. The van der Waals surface area contributed by atoms with Gasteiger partial charge in [-0.05, 0) is 36.2 Å². The maximum atomic E-state index is 12.4. The van der Waals surface area contributed by atoms with Crippen molar-refractivity contribution in [2.45, 2.75) is 18.2 Å². The molecule has 1 amide bonds. The van der Waals surface area contributed by atoms with Gasteiger partial charge in [-0.15, -0.1) is 12.6 Å². The fourth-order valence-electron chi connectivity index (χ4n) is 1.91. The van der Waals surface area contributed by atoms with Crippen molar-refractivity contribution in [3.63, 3.8) is 0 Å². The van der Waals surface area contributed by atoms with Crippen LogP contribution < -0.4 is 4.90 Å². The summed E-state index contributed by atoms with van der Waals surface area (Å²) in [5, 5.41) is 0. The second-order valence-corrected chi connectivity index (χ2v) is 4.88. The zero-order chi connectivity index (χ0) is 13.8. The molecule has 19 heavy (non-hydrogen) atoms. The lowest BCUT2D eigenvalue weighted by Crippen LogP contribution is -2.26. The molecule has 0 spiro atoms. The zero-order valence-electron chi connectivity index (χ0n) is 11.1. The molecule has 3 heteroatoms. The summed E-state index contributed by atoms with van der Waals surface area (Å²) < 4.78 is 0. The van der Waals surface area contributed by atoms with Crippen molar-refractivity contribution < 1.29 is 4.79 Å². The van der Waals surface area contributed by atoms with Crippen LogP contribution in [0.15, 0.2) is 53.4 Å². The first-order valence-corrected chi connectivity index (χ1v) is 6.73. The first-order chi connectivity index (χ1) is 9.13. The molecule has 0 saturated carbocycles. The van der Waals surface area contributed by atoms with Crippen molar-refractivity contribution in [1.29, 1.82) is 0 Å². The summed E-state index contributed by atoms with van der Waals surface area (Å²) in [6.07, 6.45) is 0.997. The average molecular weight is 271 g/mol. The molecule has 0 fully saturated rings. The van der Waals surface area contributed by atoms with Gasteiger partial charge in [-0.2, -0.15) is 0 Å². The van der Waals surface area contributed by atoms with Crippen LogP contribution in [0.1, 0.15) is 22.8 Å². The van der Waals surface area contributed by atoms with Crippen LogP contribution in [0.4, 0.5) is 5.69 Å². The van der Waals surface area contributed by atoms with E-state index in [0.717, 1.165) is 12.1 Å². The fourth-order valence-corrected chi connectivity index (χ4v) is 2.16. The summed E-state index contributed by atoms with van der Waals surface area (Å²) in [5.41, 5.74) is 2.77. The van der Waals surface area contributed by atoms with Gasteiger partial charge in [0.15, 0.2) is 0 Å². The molecule has 0 aliphatic heterocycles. The molecule has 0 aromatic heterocycles. The van der Waals surface area contributed by atoms with E-state index in [1.807, 2.05) is 42.5 Å². The number of rotatable bonds is 3. The highest BCUT2D eigenvalue weighted by Gasteiger charge is 2.15. The van der Waals surface area contributed by atoms with Crippen LogP contribution in [0.2, 0.25) is 0 Å². The van der Waals surface area contributed by atoms with E-state index in [9.17, 15) is 4.79 Å². The SMILES string of the molecule is CCc1ccc(N(C)C(=O)c2ccccc2S)cc1. The summed E-state index contributed by atoms with van der Waals surface area (Å²) in [6.45, 7) is 2.11. The Kier molecular flexibility index (Phi) is 4.27. The lowest BCUT2D eigenvalue weighted by Gasteiger charge is -2.18. The lowest BCUT2D eigenvalue weighted by molar-refractivity contribution is 0.0990. The van der Waals surface area contributed by atoms with E-state index >= 15 is 0 Å². The van der Waals surface area contributed by atoms with Crippen LogP contribution in [0.5, 0.6) is 0 Å². The highest BCUT2D eigenvalue weighted by molar-refractivity contribution is 7.80. The van der Waals surface area contributed by atoms with Gasteiger partial charge in [0.2, 0.25) is 0 Å². The fraction of sp³-hybridized carbons (Fsp3) is 0.188. The highest BCUT2D eigenvalue weighted by atomic mass is 32.1. The van der Waals surface area contributed by atoms with Crippen molar-refractivity contribution in [3.05, 3.63) is 59.7 Å². The smallest absolute Gasteiger partial charge is 0.259 e. The van der Waals surface area contributed by atoms with Crippen molar-refractivity contribution in [2.75, 3.05) is 11.9 Å². The van der Waals surface area contributed by atoms with Gasteiger partial charge in [0.1, 0.15) is 0 Å². The molecule has 0 saturated heterocycles. The van der Waals surface area contributed by atoms with Gasteiger partial charge in [0, 0.05) is 17.6 Å². The van der Waals surface area contributed by atoms with Crippen LogP contribution in [0.3, 0.4) is 0 Å². The normalized spacial score (nSPS) is 10.3. The molecule has 0 aliphatic rings. The van der Waals surface area contributed by atoms with Gasteiger partial charge in [-0.1, -0.05) is 31.2 Å². The number of nitrogens with zero attached hydrogens (tertiary/aromatic N) is 1. The van der Waals surface area contributed by atoms with Gasteiger partial charge >= 0.3 is 0 Å². The third-order valence-electron chi connectivity index (χ3n) is 3.17. The van der Waals surface area contributed by atoms with Crippen molar-refractivity contribution in [1.82, 2.24) is 0 Å². The van der Waals surface area contributed by atoms with E-state index in [-0.39, 0.29) is 5.91 Å². The van der Waals surface area contributed by atoms with E-state index in [0.29, 0.717) is 10.5 Å². The van der Waals surface area contributed by atoms with Crippen molar-refractivity contribution in [2.24, 2.45) is 0 Å². The topological polar surface area (TPSA) is 20.3 Å². The Balaban J connectivity index is 2.26. The summed E-state index contributed by atoms with van der Waals surface area (Å²) in [4.78, 5) is 14.7. The number of anilines is 1. The Morgan fingerprint density at radius 2 is 1.74 bits per heavy atom. The van der Waals surface area contributed by atoms with E-state index in [4.69, 9.17) is 0 Å². The van der Waals surface area contributed by atoms with Crippen LogP contribution in [-0.4, -0.2) is 13.0 Å². The molecule has 0 radical (unpaired) electrons. The number of thiol groups is 1. The summed E-state index contributed by atoms with van der Waals surface area (Å²) >= 11 is 4.33. The molecule has 2 aromatic rings. The Bertz CT molecular complexity index is 578. The molecular weight excluding hydrogens is 254 g/mol. The number of carbonyl (C=O) groups is 1. The minimum Gasteiger partial charge on any atom is -0.311 e. The van der Waals surface area contributed by atoms with Crippen molar-refractivity contribution >= 4 is 24.2 Å². The Labute approximate surface area is 119 Å². The monoisotopic (exact) mass is 271 g/mol. The second-order valence-electron chi connectivity index (χ2n) is 4.40. The molecule has 2 nitrogen and oxygen atoms in total. The molecular formula is C16H17NOS. The van der Waals surface area contributed by atoms with E-state index in [2.05, 4.69) is 19.6 Å². The molecule has 98 valence electrons. The predicted molar refractivity (Wildman–Crippen MR) is 82.2 cm³/mol. The Morgan fingerprint density at radius 1 is 1.11 bits per heavy atom. The first kappa shape index (κ1) is 13.7. The molecule has 0 aliphatic carbocycles. The molecule has 2 aromatic carbocycles. The highest BCUT2D eigenvalue weighted by Crippen LogP contribution is 2.20. The molecule has 0 N–H and O–H groups in total. The molecule has 0 unspecified atom stereocenters. The molecule has 2 rings (SSSR count). The average Bonchev–Trinajstić information content (AvgIpc) is 2.46. The molecule has 0 bridgehead atoms. The third-order valence-corrected chi connectivity index (χ3v) is 3.56. The number of hydrogen-bond acceptors (Lipinski definition) is 2. The summed E-state index contributed by atoms with van der Waals surface area (Å²) in [7, 11) is 1.78. The Hall–Kier alpha value is -1.74. The summed E-state index contributed by atoms with van der Waals surface area (Å²) in [6, 6.07) is 15.4. The zero-order valence-corrected chi connectivity index (χ0v) is 12.0.